The monoisotopic (exact) mass is 331 g/mol. The number of rotatable bonds is 8. The van der Waals surface area contributed by atoms with E-state index in [0.717, 1.165) is 30.6 Å². The Hall–Kier alpha value is -0.0900. The van der Waals surface area contributed by atoms with Crippen LogP contribution in [0.3, 0.4) is 0 Å². The third-order valence-corrected chi connectivity index (χ3v) is 6.67. The zero-order valence-electron chi connectivity index (χ0n) is 15.0. The summed E-state index contributed by atoms with van der Waals surface area (Å²) in [5, 5.41) is -0.626. The van der Waals surface area contributed by atoms with Crippen molar-refractivity contribution in [2.24, 2.45) is 29.6 Å². The average molecular weight is 332 g/mol. The number of hydrogen-bond acceptors (Lipinski definition) is 3. The van der Waals surface area contributed by atoms with Crippen LogP contribution in [0, 0.1) is 29.6 Å². The lowest BCUT2D eigenvalue weighted by molar-refractivity contribution is 0.213. The van der Waals surface area contributed by atoms with Gasteiger partial charge in [-0.2, -0.15) is 0 Å². The second-order valence-corrected chi connectivity index (χ2v) is 9.97. The fourth-order valence-electron chi connectivity index (χ4n) is 4.46. The first kappa shape index (κ1) is 20.0. The van der Waals surface area contributed by atoms with E-state index in [1.54, 1.807) is 0 Å². The van der Waals surface area contributed by atoms with Crippen LogP contribution in [-0.4, -0.2) is 18.2 Å². The molecule has 1 aliphatic carbocycles. The maximum absolute atomic E-state index is 11.1. The van der Waals surface area contributed by atoms with Crippen LogP contribution in [0.5, 0.6) is 0 Å². The summed E-state index contributed by atoms with van der Waals surface area (Å²) >= 11 is 0. The molecule has 1 fully saturated rings. The Morgan fingerprint density at radius 2 is 1.36 bits per heavy atom. The lowest BCUT2D eigenvalue weighted by Crippen LogP contribution is -2.29. The van der Waals surface area contributed by atoms with Gasteiger partial charge in [0.15, 0.2) is 0 Å². The van der Waals surface area contributed by atoms with Crippen molar-refractivity contribution in [2.75, 3.05) is 0 Å². The molecule has 1 rings (SSSR count). The Morgan fingerprint density at radius 3 is 1.82 bits per heavy atom. The predicted molar refractivity (Wildman–Crippen MR) is 91.6 cm³/mol. The van der Waals surface area contributed by atoms with Crippen molar-refractivity contribution in [3.05, 3.63) is 0 Å². The van der Waals surface area contributed by atoms with Crippen LogP contribution in [0.2, 0.25) is 0 Å². The van der Waals surface area contributed by atoms with Gasteiger partial charge in [-0.25, -0.2) is 8.42 Å². The molecule has 0 aliphatic heterocycles. The molecule has 4 heteroatoms. The van der Waals surface area contributed by atoms with Crippen LogP contribution >= 0.6 is 0 Å². The van der Waals surface area contributed by atoms with Crippen molar-refractivity contribution < 1.29 is 13.0 Å². The summed E-state index contributed by atoms with van der Waals surface area (Å²) in [6.45, 7) is 11.6. The molecule has 0 heterocycles. The Morgan fingerprint density at radius 1 is 0.864 bits per heavy atom. The van der Waals surface area contributed by atoms with Gasteiger partial charge in [0.1, 0.15) is 0 Å². The van der Waals surface area contributed by atoms with Gasteiger partial charge in [-0.15, -0.1) is 0 Å². The van der Waals surface area contributed by atoms with Crippen molar-refractivity contribution in [1.82, 2.24) is 0 Å². The van der Waals surface area contributed by atoms with Crippen LogP contribution in [0.25, 0.3) is 0 Å². The molecule has 3 nitrogen and oxygen atoms in total. The van der Waals surface area contributed by atoms with E-state index in [0.29, 0.717) is 24.7 Å². The Balaban J connectivity index is 2.35. The van der Waals surface area contributed by atoms with Crippen LogP contribution in [0.4, 0.5) is 0 Å². The van der Waals surface area contributed by atoms with Gasteiger partial charge in [-0.1, -0.05) is 34.6 Å². The van der Waals surface area contributed by atoms with Crippen LogP contribution in [-0.2, 0) is 10.1 Å². The van der Waals surface area contributed by atoms with Crippen molar-refractivity contribution >= 4 is 10.1 Å². The third kappa shape index (κ3) is 6.99. The largest absolute Gasteiger partial charge is 0.748 e. The fourth-order valence-corrected chi connectivity index (χ4v) is 5.31. The molecule has 0 spiro atoms. The molecule has 0 amide bonds. The normalized spacial score (nSPS) is 27.6. The van der Waals surface area contributed by atoms with Gasteiger partial charge in [0.05, 0.1) is 10.1 Å². The first-order valence-corrected chi connectivity index (χ1v) is 10.5. The van der Waals surface area contributed by atoms with Crippen LogP contribution in [0.15, 0.2) is 0 Å². The maximum atomic E-state index is 11.1. The van der Waals surface area contributed by atoms with E-state index in [9.17, 15) is 13.0 Å². The van der Waals surface area contributed by atoms with E-state index in [1.165, 1.54) is 19.3 Å². The summed E-state index contributed by atoms with van der Waals surface area (Å²) < 4.78 is 33.3. The molecule has 22 heavy (non-hydrogen) atoms. The molecule has 0 aromatic rings. The summed E-state index contributed by atoms with van der Waals surface area (Å²) in [6, 6.07) is 0. The molecule has 0 N–H and O–H groups in total. The van der Waals surface area contributed by atoms with Gasteiger partial charge in [-0.05, 0) is 74.5 Å². The van der Waals surface area contributed by atoms with E-state index in [4.69, 9.17) is 0 Å². The van der Waals surface area contributed by atoms with E-state index >= 15 is 0 Å². The predicted octanol–water partition coefficient (Wildman–Crippen LogP) is 4.83. The van der Waals surface area contributed by atoms with Crippen LogP contribution < -0.4 is 0 Å². The Bertz CT molecular complexity index is 408. The molecule has 0 aromatic heterocycles. The minimum absolute atomic E-state index is 0.568. The summed E-state index contributed by atoms with van der Waals surface area (Å²) in [5.74, 6) is 3.51. The van der Waals surface area contributed by atoms with Crippen LogP contribution in [0.1, 0.15) is 79.6 Å². The fraction of sp³-hybridized carbons (Fsp3) is 1.00. The quantitative estimate of drug-likeness (QED) is 0.599. The van der Waals surface area contributed by atoms with Gasteiger partial charge in [0, 0.05) is 5.25 Å². The SMILES string of the molecule is CC(C)CC(C)CC(C)CC(C)C1CCC(S(=O)(=O)[O-])CC1. The second kappa shape index (κ2) is 8.68. The average Bonchev–Trinajstić information content (AvgIpc) is 2.36. The van der Waals surface area contributed by atoms with Crippen molar-refractivity contribution in [2.45, 2.75) is 84.8 Å². The molecule has 1 saturated carbocycles. The molecule has 0 radical (unpaired) electrons. The Kier molecular flexibility index (Phi) is 7.87. The minimum atomic E-state index is -4.08. The highest BCUT2D eigenvalue weighted by Gasteiger charge is 2.29. The molecule has 0 bridgehead atoms. The van der Waals surface area contributed by atoms with Gasteiger partial charge in [0.25, 0.3) is 0 Å². The highest BCUT2D eigenvalue weighted by molar-refractivity contribution is 7.86. The second-order valence-electron chi connectivity index (χ2n) is 8.32. The lowest BCUT2D eigenvalue weighted by Gasteiger charge is -2.34. The molecule has 132 valence electrons. The van der Waals surface area contributed by atoms with Crippen molar-refractivity contribution in [3.8, 4) is 0 Å². The third-order valence-electron chi connectivity index (χ3n) is 5.38. The molecule has 0 saturated heterocycles. The molecule has 3 atom stereocenters. The van der Waals surface area contributed by atoms with Gasteiger partial charge in [0.2, 0.25) is 0 Å². The summed E-state index contributed by atoms with van der Waals surface area (Å²) in [4.78, 5) is 0. The van der Waals surface area contributed by atoms with Crippen molar-refractivity contribution in [1.29, 1.82) is 0 Å². The van der Waals surface area contributed by atoms with Gasteiger partial charge in [-0.3, -0.25) is 0 Å². The summed E-state index contributed by atoms with van der Waals surface area (Å²) in [5.41, 5.74) is 0. The topological polar surface area (TPSA) is 57.2 Å². The number of hydrogen-bond donors (Lipinski definition) is 0. The highest BCUT2D eigenvalue weighted by Crippen LogP contribution is 2.36. The Labute approximate surface area is 138 Å². The molecule has 0 aromatic carbocycles. The maximum Gasteiger partial charge on any atom is 0.0975 e. The smallest absolute Gasteiger partial charge is 0.0975 e. The first-order chi connectivity index (χ1) is 10.1. The molecule has 3 unspecified atom stereocenters. The zero-order valence-corrected chi connectivity index (χ0v) is 15.9. The standard InChI is InChI=1S/C18H36O3S/c1-13(2)10-14(3)11-15(4)12-16(5)17-6-8-18(9-7-17)22(19,20)21/h13-18H,6-12H2,1-5H3,(H,19,20,21)/p-1. The molecular weight excluding hydrogens is 296 g/mol. The van der Waals surface area contributed by atoms with Crippen molar-refractivity contribution in [3.63, 3.8) is 0 Å². The van der Waals surface area contributed by atoms with E-state index in [2.05, 4.69) is 34.6 Å². The van der Waals surface area contributed by atoms with E-state index < -0.39 is 15.4 Å². The summed E-state index contributed by atoms with van der Waals surface area (Å²) in [6.07, 6.45) is 6.75. The minimum Gasteiger partial charge on any atom is -0.748 e. The highest BCUT2D eigenvalue weighted by atomic mass is 32.2. The van der Waals surface area contributed by atoms with Gasteiger partial charge < -0.3 is 4.55 Å². The lowest BCUT2D eigenvalue weighted by atomic mass is 9.76. The zero-order chi connectivity index (χ0) is 16.9. The van der Waals surface area contributed by atoms with E-state index in [1.807, 2.05) is 0 Å². The molecule has 1 aliphatic rings. The first-order valence-electron chi connectivity index (χ1n) is 9.04. The van der Waals surface area contributed by atoms with E-state index in [-0.39, 0.29) is 0 Å². The summed E-state index contributed by atoms with van der Waals surface area (Å²) in [7, 11) is -4.08. The molecular formula is C18H35O3S-. The van der Waals surface area contributed by atoms with Gasteiger partial charge >= 0.3 is 0 Å².